The average Bonchev–Trinajstić information content (AvgIpc) is 2.34. The first-order valence-electron chi connectivity index (χ1n) is 2.74. The van der Waals surface area contributed by atoms with Crippen LogP contribution in [0.1, 0.15) is 0 Å². The molecule has 1 rings (SSSR count). The van der Waals surface area contributed by atoms with E-state index in [1.54, 1.807) is 0 Å². The maximum Gasteiger partial charge on any atom is 0.340 e. The molecule has 0 fully saturated rings. The van der Waals surface area contributed by atoms with Gasteiger partial charge in [0.2, 0.25) is 0 Å². The highest BCUT2D eigenvalue weighted by molar-refractivity contribution is 5.75. The Morgan fingerprint density at radius 2 is 2.50 bits per heavy atom. The third kappa shape index (κ3) is 1.07. The van der Waals surface area contributed by atoms with Gasteiger partial charge in [-0.05, 0) is 0 Å². The third-order valence-corrected chi connectivity index (χ3v) is 1.04. The van der Waals surface area contributed by atoms with Crippen LogP contribution in [0.3, 0.4) is 0 Å². The van der Waals surface area contributed by atoms with Crippen LogP contribution in [0.25, 0.3) is 0 Å². The molecule has 2 N–H and O–H groups in total. The number of aromatic amines is 1. The molecule has 0 aliphatic heterocycles. The summed E-state index contributed by atoms with van der Waals surface area (Å²) in [5.74, 6) is 0. The quantitative estimate of drug-likeness (QED) is 0.504. The van der Waals surface area contributed by atoms with Crippen molar-refractivity contribution in [3.05, 3.63) is 22.6 Å². The summed E-state index contributed by atoms with van der Waals surface area (Å²) >= 11 is 0. The molecular weight excluding hydrogens is 134 g/mol. The second-order valence-corrected chi connectivity index (χ2v) is 1.72. The molecule has 5 nitrogen and oxygen atoms in total. The molecule has 0 aliphatic carbocycles. The lowest BCUT2D eigenvalue weighted by Crippen LogP contribution is -2.25. The Balaban J connectivity index is 2.95. The average molecular weight is 141 g/mol. The van der Waals surface area contributed by atoms with Gasteiger partial charge in [0.25, 0.3) is 5.56 Å². The summed E-state index contributed by atoms with van der Waals surface area (Å²) in [6.07, 6.45) is 1.36. The van der Waals surface area contributed by atoms with Crippen LogP contribution in [0, 0.1) is 0 Å². The lowest BCUT2D eigenvalue weighted by Gasteiger charge is -1.96. The summed E-state index contributed by atoms with van der Waals surface area (Å²) in [5, 5.41) is 4.62. The summed E-state index contributed by atoms with van der Waals surface area (Å²) in [6, 6.07) is 0.914. The van der Waals surface area contributed by atoms with E-state index in [2.05, 4.69) is 10.4 Å². The zero-order valence-corrected chi connectivity index (χ0v) is 5.42. The second-order valence-electron chi connectivity index (χ2n) is 1.72. The number of carbonyl (C=O) groups is 1. The number of carbonyl (C=O) groups excluding carboxylic acids is 1. The molecule has 54 valence electrons. The molecule has 0 radical (unpaired) electrons. The normalized spacial score (nSPS) is 9.30. The zero-order valence-electron chi connectivity index (χ0n) is 5.42. The SMILES string of the molecule is CNC(=O)n1ccc(=O)[nH]1. The molecule has 1 heterocycles. The Morgan fingerprint density at radius 1 is 1.80 bits per heavy atom. The first-order chi connectivity index (χ1) is 4.74. The fourth-order valence-electron chi connectivity index (χ4n) is 0.574. The van der Waals surface area contributed by atoms with Crippen LogP contribution >= 0.6 is 0 Å². The van der Waals surface area contributed by atoms with E-state index in [1.165, 1.54) is 19.3 Å². The van der Waals surface area contributed by atoms with Crippen LogP contribution in [0.5, 0.6) is 0 Å². The molecule has 1 aromatic heterocycles. The maximum atomic E-state index is 10.7. The number of rotatable bonds is 0. The Kier molecular flexibility index (Phi) is 1.57. The molecule has 0 bridgehead atoms. The van der Waals surface area contributed by atoms with Crippen molar-refractivity contribution in [1.82, 2.24) is 15.1 Å². The van der Waals surface area contributed by atoms with E-state index in [1.807, 2.05) is 0 Å². The highest BCUT2D eigenvalue weighted by Crippen LogP contribution is 1.75. The van der Waals surface area contributed by atoms with Crippen LogP contribution in [-0.4, -0.2) is 22.9 Å². The van der Waals surface area contributed by atoms with Crippen LogP contribution in [0.2, 0.25) is 0 Å². The van der Waals surface area contributed by atoms with Gasteiger partial charge >= 0.3 is 6.03 Å². The highest BCUT2D eigenvalue weighted by Gasteiger charge is 1.98. The van der Waals surface area contributed by atoms with Crippen LogP contribution < -0.4 is 10.9 Å². The van der Waals surface area contributed by atoms with Gasteiger partial charge in [0, 0.05) is 19.3 Å². The van der Waals surface area contributed by atoms with Gasteiger partial charge in [0.15, 0.2) is 0 Å². The molecule has 0 aromatic carbocycles. The number of nitrogens with zero attached hydrogens (tertiary/aromatic N) is 1. The van der Waals surface area contributed by atoms with Gasteiger partial charge in [-0.25, -0.2) is 9.48 Å². The van der Waals surface area contributed by atoms with Crippen molar-refractivity contribution in [3.8, 4) is 0 Å². The fraction of sp³-hybridized carbons (Fsp3) is 0.200. The van der Waals surface area contributed by atoms with Gasteiger partial charge in [-0.2, -0.15) is 0 Å². The van der Waals surface area contributed by atoms with Crippen molar-refractivity contribution in [3.63, 3.8) is 0 Å². The van der Waals surface area contributed by atoms with E-state index < -0.39 is 0 Å². The number of hydrogen-bond donors (Lipinski definition) is 2. The smallest absolute Gasteiger partial charge is 0.339 e. The molecule has 0 aliphatic rings. The van der Waals surface area contributed by atoms with Gasteiger partial charge in [0.05, 0.1) is 0 Å². The van der Waals surface area contributed by atoms with Crippen LogP contribution in [0.4, 0.5) is 4.79 Å². The number of hydrogen-bond acceptors (Lipinski definition) is 2. The predicted octanol–water partition coefficient (Wildman–Crippen LogP) is -0.636. The molecule has 5 heteroatoms. The molecule has 1 amide bonds. The first kappa shape index (κ1) is 6.60. The topological polar surface area (TPSA) is 66.9 Å². The Bertz CT molecular complexity index is 285. The molecule has 10 heavy (non-hydrogen) atoms. The number of aromatic nitrogens is 2. The van der Waals surface area contributed by atoms with E-state index in [4.69, 9.17) is 0 Å². The number of nitrogens with one attached hydrogen (secondary N) is 2. The molecule has 0 saturated carbocycles. The Hall–Kier alpha value is -1.52. The van der Waals surface area contributed by atoms with E-state index in [0.29, 0.717) is 0 Å². The molecule has 0 unspecified atom stereocenters. The summed E-state index contributed by atoms with van der Waals surface area (Å²) in [4.78, 5) is 21.2. The van der Waals surface area contributed by atoms with E-state index >= 15 is 0 Å². The van der Waals surface area contributed by atoms with Gasteiger partial charge in [-0.15, -0.1) is 0 Å². The summed E-state index contributed by atoms with van der Waals surface area (Å²) < 4.78 is 1.07. The lowest BCUT2D eigenvalue weighted by molar-refractivity contribution is 0.241. The predicted molar refractivity (Wildman–Crippen MR) is 34.9 cm³/mol. The van der Waals surface area contributed by atoms with Crippen molar-refractivity contribution < 1.29 is 4.79 Å². The fourth-order valence-corrected chi connectivity index (χ4v) is 0.574. The minimum atomic E-state index is -0.359. The standard InChI is InChI=1S/C5H7N3O2/c1-6-5(10)8-3-2-4(9)7-8/h2-3H,1H3,(H,6,10)(H,7,9). The number of amides is 1. The minimum absolute atomic E-state index is 0.288. The van der Waals surface area contributed by atoms with E-state index in [-0.39, 0.29) is 11.6 Å². The monoisotopic (exact) mass is 141 g/mol. The van der Waals surface area contributed by atoms with Gasteiger partial charge < -0.3 is 5.32 Å². The Labute approximate surface area is 56.6 Å². The van der Waals surface area contributed by atoms with Crippen molar-refractivity contribution in [1.29, 1.82) is 0 Å². The summed E-state index contributed by atoms with van der Waals surface area (Å²) in [7, 11) is 1.49. The molecular formula is C5H7N3O2. The molecule has 0 atom stereocenters. The van der Waals surface area contributed by atoms with E-state index in [9.17, 15) is 9.59 Å². The van der Waals surface area contributed by atoms with Crippen molar-refractivity contribution in [2.75, 3.05) is 7.05 Å². The highest BCUT2D eigenvalue weighted by atomic mass is 16.2. The first-order valence-corrected chi connectivity index (χ1v) is 2.74. The Morgan fingerprint density at radius 3 is 2.90 bits per heavy atom. The zero-order chi connectivity index (χ0) is 7.56. The van der Waals surface area contributed by atoms with Crippen LogP contribution in [-0.2, 0) is 0 Å². The second kappa shape index (κ2) is 2.38. The minimum Gasteiger partial charge on any atom is -0.339 e. The van der Waals surface area contributed by atoms with Crippen molar-refractivity contribution in [2.45, 2.75) is 0 Å². The number of H-pyrrole nitrogens is 1. The lowest BCUT2D eigenvalue weighted by atomic mass is 10.7. The van der Waals surface area contributed by atoms with Crippen LogP contribution in [0.15, 0.2) is 17.1 Å². The largest absolute Gasteiger partial charge is 0.340 e. The van der Waals surface area contributed by atoms with Gasteiger partial charge in [-0.3, -0.25) is 9.89 Å². The van der Waals surface area contributed by atoms with Gasteiger partial charge in [-0.1, -0.05) is 0 Å². The maximum absolute atomic E-state index is 10.7. The molecule has 0 spiro atoms. The van der Waals surface area contributed by atoms with Crippen molar-refractivity contribution >= 4 is 6.03 Å². The third-order valence-electron chi connectivity index (χ3n) is 1.04. The van der Waals surface area contributed by atoms with E-state index in [0.717, 1.165) is 4.68 Å². The molecule has 0 saturated heterocycles. The summed E-state index contributed by atoms with van der Waals surface area (Å²) in [5.41, 5.74) is -0.288. The van der Waals surface area contributed by atoms with Gasteiger partial charge in [0.1, 0.15) is 0 Å². The molecule has 1 aromatic rings. The summed E-state index contributed by atoms with van der Waals surface area (Å²) in [6.45, 7) is 0. The van der Waals surface area contributed by atoms with Crippen molar-refractivity contribution in [2.24, 2.45) is 0 Å².